The van der Waals surface area contributed by atoms with Gasteiger partial charge in [0.1, 0.15) is 0 Å². The van der Waals surface area contributed by atoms with Crippen LogP contribution < -0.4 is 0 Å². The molecule has 0 saturated carbocycles. The predicted octanol–water partition coefficient (Wildman–Crippen LogP) is 1.45. The van der Waals surface area contributed by atoms with Gasteiger partial charge in [0.2, 0.25) is 0 Å². The van der Waals surface area contributed by atoms with Gasteiger partial charge in [0, 0.05) is 0 Å². The van der Waals surface area contributed by atoms with E-state index in [1.54, 1.807) is 5.41 Å². The van der Waals surface area contributed by atoms with E-state index in [1.807, 2.05) is 13.0 Å². The summed E-state index contributed by atoms with van der Waals surface area (Å²) >= 11 is 3.74. The van der Waals surface area contributed by atoms with E-state index >= 15 is 0 Å². The van der Waals surface area contributed by atoms with E-state index in [0.717, 1.165) is 0 Å². The molecular formula is C3H6S. The molecule has 0 aliphatic heterocycles. The van der Waals surface area contributed by atoms with Crippen molar-refractivity contribution < 1.29 is 0 Å². The third-order valence-corrected chi connectivity index (χ3v) is 0.447. The minimum atomic E-state index is 1.69. The van der Waals surface area contributed by atoms with Crippen LogP contribution in [0.1, 0.15) is 6.92 Å². The summed E-state index contributed by atoms with van der Waals surface area (Å²) in [6, 6.07) is 0. The molecule has 0 spiro atoms. The number of thiol groups is 1. The standard InChI is InChI=1S/C3H6S/c1-2-3-4/h2-4H,1H3/b3-2-. The molecule has 0 aliphatic carbocycles. The van der Waals surface area contributed by atoms with E-state index in [1.165, 1.54) is 0 Å². The van der Waals surface area contributed by atoms with E-state index in [-0.39, 0.29) is 0 Å². The summed E-state index contributed by atoms with van der Waals surface area (Å²) in [4.78, 5) is 0. The third-order valence-electron chi connectivity index (χ3n) is 0.149. The van der Waals surface area contributed by atoms with Crippen molar-refractivity contribution in [3.63, 3.8) is 0 Å². The zero-order valence-corrected chi connectivity index (χ0v) is 3.50. The lowest BCUT2D eigenvalue weighted by molar-refractivity contribution is 1.79. The first-order valence-electron chi connectivity index (χ1n) is 1.17. The molecule has 0 aliphatic rings. The molecule has 1 heteroatoms. The van der Waals surface area contributed by atoms with Crippen LogP contribution in [0.25, 0.3) is 0 Å². The Bertz CT molecular complexity index is 18.5. The van der Waals surface area contributed by atoms with E-state index in [2.05, 4.69) is 12.6 Å². The summed E-state index contributed by atoms with van der Waals surface area (Å²) in [5.41, 5.74) is 0. The van der Waals surface area contributed by atoms with Crippen molar-refractivity contribution in [2.45, 2.75) is 6.92 Å². The maximum Gasteiger partial charge on any atom is -0.0367 e. The molecule has 0 bridgehead atoms. The molecule has 0 aromatic rings. The van der Waals surface area contributed by atoms with Gasteiger partial charge in [0.25, 0.3) is 0 Å². The van der Waals surface area contributed by atoms with Crippen molar-refractivity contribution in [1.82, 2.24) is 0 Å². The maximum atomic E-state index is 3.74. The van der Waals surface area contributed by atoms with Gasteiger partial charge in [-0.2, -0.15) is 12.6 Å². The van der Waals surface area contributed by atoms with Crippen molar-refractivity contribution in [3.8, 4) is 0 Å². The van der Waals surface area contributed by atoms with Crippen LogP contribution in [-0.4, -0.2) is 0 Å². The number of hydrogen-bond donors (Lipinski definition) is 1. The molecule has 0 fully saturated rings. The van der Waals surface area contributed by atoms with Gasteiger partial charge in [-0.15, -0.1) is 0 Å². The fourth-order valence-corrected chi connectivity index (χ4v) is 0. The first kappa shape index (κ1) is 4.09. The Kier molecular flexibility index (Phi) is 3.16. The lowest BCUT2D eigenvalue weighted by Crippen LogP contribution is -1.20. The smallest absolute Gasteiger partial charge is 0.0367 e. The highest BCUT2D eigenvalue weighted by atomic mass is 32.1. The van der Waals surface area contributed by atoms with Gasteiger partial charge in [0.05, 0.1) is 0 Å². The SMILES string of the molecule is C/C=C\S. The molecular weight excluding hydrogens is 68.1 g/mol. The van der Waals surface area contributed by atoms with Crippen molar-refractivity contribution in [1.29, 1.82) is 0 Å². The Hall–Kier alpha value is 0.0900. The van der Waals surface area contributed by atoms with Gasteiger partial charge >= 0.3 is 0 Å². The normalized spacial score (nSPS) is 9.50. The van der Waals surface area contributed by atoms with Crippen molar-refractivity contribution >= 4 is 12.6 Å². The Morgan fingerprint density at radius 1 is 1.75 bits per heavy atom. The predicted molar refractivity (Wildman–Crippen MR) is 23.8 cm³/mol. The zero-order chi connectivity index (χ0) is 3.41. The summed E-state index contributed by atoms with van der Waals surface area (Å²) in [5.74, 6) is 0. The average Bonchev–Trinajstić information content (AvgIpc) is 1.37. The average molecular weight is 74.1 g/mol. The molecule has 0 radical (unpaired) electrons. The largest absolute Gasteiger partial charge is 0.152 e. The van der Waals surface area contributed by atoms with Crippen LogP contribution in [0.5, 0.6) is 0 Å². The minimum Gasteiger partial charge on any atom is -0.152 e. The van der Waals surface area contributed by atoms with Crippen LogP contribution in [0.15, 0.2) is 11.5 Å². The fourth-order valence-electron chi connectivity index (χ4n) is 0. The number of rotatable bonds is 0. The second-order valence-corrected chi connectivity index (χ2v) is 0.781. The highest BCUT2D eigenvalue weighted by Gasteiger charge is 1.34. The second kappa shape index (κ2) is 3.09. The fraction of sp³-hybridized carbons (Fsp3) is 0.333. The summed E-state index contributed by atoms with van der Waals surface area (Å²) in [6.45, 7) is 1.92. The van der Waals surface area contributed by atoms with Gasteiger partial charge in [-0.05, 0) is 12.3 Å². The molecule has 0 heterocycles. The Morgan fingerprint density at radius 3 is 2.00 bits per heavy atom. The second-order valence-electron chi connectivity index (χ2n) is 0.482. The Labute approximate surface area is 31.9 Å². The molecule has 0 N–H and O–H groups in total. The van der Waals surface area contributed by atoms with Gasteiger partial charge in [-0.1, -0.05) is 6.08 Å². The van der Waals surface area contributed by atoms with Gasteiger partial charge in [-0.25, -0.2) is 0 Å². The summed E-state index contributed by atoms with van der Waals surface area (Å²) in [6.07, 6.45) is 1.86. The molecule has 0 nitrogen and oxygen atoms in total. The quantitative estimate of drug-likeness (QED) is 0.413. The molecule has 0 saturated heterocycles. The first-order chi connectivity index (χ1) is 1.91. The van der Waals surface area contributed by atoms with E-state index in [0.29, 0.717) is 0 Å². The molecule has 0 amide bonds. The number of hydrogen-bond acceptors (Lipinski definition) is 1. The summed E-state index contributed by atoms with van der Waals surface area (Å²) in [7, 11) is 0. The van der Waals surface area contributed by atoms with Crippen LogP contribution >= 0.6 is 12.6 Å². The van der Waals surface area contributed by atoms with Crippen LogP contribution in [-0.2, 0) is 0 Å². The van der Waals surface area contributed by atoms with Crippen LogP contribution in [0, 0.1) is 0 Å². The monoisotopic (exact) mass is 74.0 g/mol. The molecule has 0 unspecified atom stereocenters. The van der Waals surface area contributed by atoms with Crippen molar-refractivity contribution in [2.24, 2.45) is 0 Å². The van der Waals surface area contributed by atoms with Gasteiger partial charge in [-0.3, -0.25) is 0 Å². The molecule has 0 atom stereocenters. The summed E-state index contributed by atoms with van der Waals surface area (Å²) in [5, 5.41) is 1.69. The first-order valence-corrected chi connectivity index (χ1v) is 1.69. The highest BCUT2D eigenvalue weighted by molar-refractivity contribution is 7.83. The maximum absolute atomic E-state index is 3.74. The Morgan fingerprint density at radius 2 is 2.00 bits per heavy atom. The van der Waals surface area contributed by atoms with E-state index < -0.39 is 0 Å². The number of allylic oxidation sites excluding steroid dienone is 1. The van der Waals surface area contributed by atoms with Crippen molar-refractivity contribution in [3.05, 3.63) is 11.5 Å². The Balaban J connectivity index is 2.55. The van der Waals surface area contributed by atoms with E-state index in [9.17, 15) is 0 Å². The van der Waals surface area contributed by atoms with Crippen LogP contribution in [0.2, 0.25) is 0 Å². The molecule has 4 heavy (non-hydrogen) atoms. The molecule has 0 aromatic carbocycles. The summed E-state index contributed by atoms with van der Waals surface area (Å²) < 4.78 is 0. The topological polar surface area (TPSA) is 0 Å². The van der Waals surface area contributed by atoms with Gasteiger partial charge < -0.3 is 0 Å². The zero-order valence-electron chi connectivity index (χ0n) is 2.60. The van der Waals surface area contributed by atoms with Crippen molar-refractivity contribution in [2.75, 3.05) is 0 Å². The van der Waals surface area contributed by atoms with Crippen LogP contribution in [0.3, 0.4) is 0 Å². The lowest BCUT2D eigenvalue weighted by atomic mass is 10.8. The van der Waals surface area contributed by atoms with Gasteiger partial charge in [0.15, 0.2) is 0 Å². The minimum absolute atomic E-state index is 1.69. The molecule has 0 aromatic heterocycles. The molecule has 24 valence electrons. The highest BCUT2D eigenvalue weighted by Crippen LogP contribution is 1.69. The third kappa shape index (κ3) is 2.09. The lowest BCUT2D eigenvalue weighted by Gasteiger charge is -1.49. The van der Waals surface area contributed by atoms with Crippen LogP contribution in [0.4, 0.5) is 0 Å². The molecule has 0 rings (SSSR count). The van der Waals surface area contributed by atoms with E-state index in [4.69, 9.17) is 0 Å².